The minimum atomic E-state index is -0.375. The summed E-state index contributed by atoms with van der Waals surface area (Å²) in [4.78, 5) is 26.7. The molecule has 156 valence electrons. The molecule has 0 bridgehead atoms. The molecule has 7 heteroatoms. The fourth-order valence-electron chi connectivity index (χ4n) is 2.99. The van der Waals surface area contributed by atoms with Crippen LogP contribution in [0.25, 0.3) is 6.08 Å². The zero-order valence-corrected chi connectivity index (χ0v) is 17.9. The molecule has 1 heterocycles. The Balaban J connectivity index is 1.41. The molecule has 3 aromatic carbocycles. The fraction of sp³-hybridized carbons (Fsp3) is 0.0833. The second kappa shape index (κ2) is 9.73. The first-order chi connectivity index (χ1) is 15.1. The number of nitrogens with zero attached hydrogens (tertiary/aromatic N) is 1. The van der Waals surface area contributed by atoms with E-state index in [1.54, 1.807) is 30.3 Å². The molecule has 3 aromatic rings. The highest BCUT2D eigenvalue weighted by atomic mass is 35.5. The summed E-state index contributed by atoms with van der Waals surface area (Å²) < 4.78 is 11.4. The van der Waals surface area contributed by atoms with E-state index in [0.29, 0.717) is 34.6 Å². The number of anilines is 1. The van der Waals surface area contributed by atoms with E-state index < -0.39 is 0 Å². The van der Waals surface area contributed by atoms with Crippen LogP contribution in [-0.2, 0) is 4.79 Å². The van der Waals surface area contributed by atoms with Crippen LogP contribution in [0.3, 0.4) is 0 Å². The molecule has 0 radical (unpaired) electrons. The van der Waals surface area contributed by atoms with E-state index in [0.717, 1.165) is 28.0 Å². The van der Waals surface area contributed by atoms with Crippen LogP contribution in [0, 0.1) is 0 Å². The highest BCUT2D eigenvalue weighted by Gasteiger charge is 2.36. The molecule has 5 nitrogen and oxygen atoms in total. The first-order valence-electron chi connectivity index (χ1n) is 9.54. The quantitative estimate of drug-likeness (QED) is 0.324. The third kappa shape index (κ3) is 5.29. The minimum Gasteiger partial charge on any atom is -0.490 e. The molecule has 0 unspecified atom stereocenters. The number of ether oxygens (including phenoxy) is 2. The lowest BCUT2D eigenvalue weighted by Crippen LogP contribution is -2.27. The van der Waals surface area contributed by atoms with E-state index in [9.17, 15) is 9.59 Å². The van der Waals surface area contributed by atoms with Crippen LogP contribution >= 0.6 is 23.4 Å². The predicted molar refractivity (Wildman–Crippen MR) is 124 cm³/mol. The molecule has 0 atom stereocenters. The Labute approximate surface area is 189 Å². The summed E-state index contributed by atoms with van der Waals surface area (Å²) in [5.41, 5.74) is 1.21. The largest absolute Gasteiger partial charge is 0.490 e. The molecule has 4 rings (SSSR count). The number of amides is 2. The third-order valence-corrected chi connectivity index (χ3v) is 5.48. The maximum Gasteiger partial charge on any atom is 0.298 e. The highest BCUT2D eigenvalue weighted by molar-refractivity contribution is 8.19. The molecule has 1 aliphatic heterocycles. The Hall–Kier alpha value is -3.22. The molecule has 2 amide bonds. The molecule has 0 aromatic heterocycles. The number of halogens is 1. The molecule has 1 saturated heterocycles. The van der Waals surface area contributed by atoms with E-state index in [1.165, 1.54) is 0 Å². The van der Waals surface area contributed by atoms with Crippen molar-refractivity contribution in [3.63, 3.8) is 0 Å². The van der Waals surface area contributed by atoms with Gasteiger partial charge in [0.1, 0.15) is 24.7 Å². The first kappa shape index (κ1) is 21.0. The van der Waals surface area contributed by atoms with Crippen molar-refractivity contribution < 1.29 is 19.1 Å². The zero-order chi connectivity index (χ0) is 21.6. The summed E-state index contributed by atoms with van der Waals surface area (Å²) in [6, 6.07) is 23.5. The number of carbonyl (C=O) groups excluding carboxylic acids is 2. The van der Waals surface area contributed by atoms with Gasteiger partial charge in [-0.1, -0.05) is 48.0 Å². The molecule has 1 fully saturated rings. The van der Waals surface area contributed by atoms with Gasteiger partial charge >= 0.3 is 0 Å². The molecule has 31 heavy (non-hydrogen) atoms. The van der Waals surface area contributed by atoms with Crippen molar-refractivity contribution in [2.24, 2.45) is 0 Å². The number of carbonyl (C=O) groups is 2. The normalized spacial score (nSPS) is 14.9. The van der Waals surface area contributed by atoms with Gasteiger partial charge in [0, 0.05) is 5.02 Å². The van der Waals surface area contributed by atoms with Gasteiger partial charge in [0.05, 0.1) is 10.6 Å². The summed E-state index contributed by atoms with van der Waals surface area (Å²) >= 11 is 6.89. The standard InChI is InChI=1S/C24H18ClNO4S/c25-18-7-5-8-19(16-18)26-23(27)22(31-24(26)28)15-17-6-4-11-21(14-17)30-13-12-29-20-9-2-1-3-10-20/h1-11,14-16H,12-13H2/b22-15-. The topological polar surface area (TPSA) is 55.8 Å². The van der Waals surface area contributed by atoms with Crippen molar-refractivity contribution in [2.75, 3.05) is 18.1 Å². The van der Waals surface area contributed by atoms with Crippen LogP contribution in [0.4, 0.5) is 10.5 Å². The Morgan fingerprint density at radius 1 is 0.839 bits per heavy atom. The van der Waals surface area contributed by atoms with Crippen LogP contribution < -0.4 is 14.4 Å². The van der Waals surface area contributed by atoms with Crippen molar-refractivity contribution in [2.45, 2.75) is 0 Å². The Morgan fingerprint density at radius 2 is 1.55 bits per heavy atom. The van der Waals surface area contributed by atoms with E-state index in [1.807, 2.05) is 54.6 Å². The maximum absolute atomic E-state index is 12.8. The van der Waals surface area contributed by atoms with Gasteiger partial charge in [0.15, 0.2) is 0 Å². The molecular formula is C24H18ClNO4S. The zero-order valence-electron chi connectivity index (χ0n) is 16.4. The summed E-state index contributed by atoms with van der Waals surface area (Å²) in [5, 5.41) is 0.102. The van der Waals surface area contributed by atoms with Crippen molar-refractivity contribution in [1.29, 1.82) is 0 Å². The molecular weight excluding hydrogens is 434 g/mol. The third-order valence-electron chi connectivity index (χ3n) is 4.38. The van der Waals surface area contributed by atoms with Crippen molar-refractivity contribution >= 4 is 46.3 Å². The molecule has 1 aliphatic rings. The van der Waals surface area contributed by atoms with Gasteiger partial charge in [0.2, 0.25) is 0 Å². The van der Waals surface area contributed by atoms with Crippen molar-refractivity contribution in [3.05, 3.63) is 94.4 Å². The lowest BCUT2D eigenvalue weighted by atomic mass is 10.2. The first-order valence-corrected chi connectivity index (χ1v) is 10.7. The maximum atomic E-state index is 12.8. The van der Waals surface area contributed by atoms with Gasteiger partial charge in [-0.3, -0.25) is 9.59 Å². The number of rotatable bonds is 7. The molecule has 0 aliphatic carbocycles. The van der Waals surface area contributed by atoms with E-state index >= 15 is 0 Å². The summed E-state index contributed by atoms with van der Waals surface area (Å²) in [5.74, 6) is 1.06. The van der Waals surface area contributed by atoms with E-state index in [-0.39, 0.29) is 11.1 Å². The van der Waals surface area contributed by atoms with Crippen LogP contribution in [0.1, 0.15) is 5.56 Å². The van der Waals surface area contributed by atoms with Gasteiger partial charge in [-0.05, 0) is 65.9 Å². The van der Waals surface area contributed by atoms with Crippen LogP contribution in [0.5, 0.6) is 11.5 Å². The summed E-state index contributed by atoms with van der Waals surface area (Å²) in [6.45, 7) is 0.788. The van der Waals surface area contributed by atoms with Gasteiger partial charge in [-0.25, -0.2) is 4.90 Å². The number of para-hydroxylation sites is 1. The Bertz CT molecular complexity index is 1130. The smallest absolute Gasteiger partial charge is 0.298 e. The fourth-order valence-corrected chi connectivity index (χ4v) is 4.01. The Kier molecular flexibility index (Phi) is 6.60. The second-order valence-electron chi connectivity index (χ2n) is 6.58. The van der Waals surface area contributed by atoms with Crippen LogP contribution in [-0.4, -0.2) is 24.4 Å². The summed E-state index contributed by atoms with van der Waals surface area (Å²) in [6.07, 6.45) is 1.68. The molecule has 0 N–H and O–H groups in total. The predicted octanol–water partition coefficient (Wildman–Crippen LogP) is 6.04. The monoisotopic (exact) mass is 451 g/mol. The van der Waals surface area contributed by atoms with Crippen LogP contribution in [0.15, 0.2) is 83.8 Å². The average molecular weight is 452 g/mol. The molecule has 0 saturated carbocycles. The van der Waals surface area contributed by atoms with E-state index in [2.05, 4.69) is 0 Å². The number of thioether (sulfide) groups is 1. The summed E-state index contributed by atoms with van der Waals surface area (Å²) in [7, 11) is 0. The van der Waals surface area contributed by atoms with Gasteiger partial charge < -0.3 is 9.47 Å². The Morgan fingerprint density at radius 3 is 2.32 bits per heavy atom. The lowest BCUT2D eigenvalue weighted by Gasteiger charge is -2.12. The SMILES string of the molecule is O=C1S/C(=C\c2cccc(OCCOc3ccccc3)c2)C(=O)N1c1cccc(Cl)c1. The lowest BCUT2D eigenvalue weighted by molar-refractivity contribution is -0.113. The number of hydrogen-bond acceptors (Lipinski definition) is 5. The van der Waals surface area contributed by atoms with Crippen molar-refractivity contribution in [3.8, 4) is 11.5 Å². The van der Waals surface area contributed by atoms with Gasteiger partial charge in [-0.2, -0.15) is 0 Å². The number of imide groups is 1. The second-order valence-corrected chi connectivity index (χ2v) is 8.01. The minimum absolute atomic E-state index is 0.342. The van der Waals surface area contributed by atoms with Gasteiger partial charge in [-0.15, -0.1) is 0 Å². The number of benzene rings is 3. The number of hydrogen-bond donors (Lipinski definition) is 0. The van der Waals surface area contributed by atoms with Gasteiger partial charge in [0.25, 0.3) is 11.1 Å². The average Bonchev–Trinajstić information content (AvgIpc) is 3.05. The van der Waals surface area contributed by atoms with Crippen molar-refractivity contribution in [1.82, 2.24) is 0 Å². The van der Waals surface area contributed by atoms with E-state index in [4.69, 9.17) is 21.1 Å². The van der Waals surface area contributed by atoms with Crippen LogP contribution in [0.2, 0.25) is 5.02 Å². The highest BCUT2D eigenvalue weighted by Crippen LogP contribution is 2.36. The molecule has 0 spiro atoms.